The van der Waals surface area contributed by atoms with E-state index in [2.05, 4.69) is 61.0 Å². The van der Waals surface area contributed by atoms with Crippen LogP contribution in [0.25, 0.3) is 10.9 Å². The summed E-state index contributed by atoms with van der Waals surface area (Å²) in [7, 11) is 0. The second kappa shape index (κ2) is 5.42. The smallest absolute Gasteiger partial charge is 0.0671 e. The lowest BCUT2D eigenvalue weighted by atomic mass is 10.1. The van der Waals surface area contributed by atoms with Gasteiger partial charge in [-0.05, 0) is 24.0 Å². The van der Waals surface area contributed by atoms with E-state index in [9.17, 15) is 0 Å². The van der Waals surface area contributed by atoms with Gasteiger partial charge in [-0.25, -0.2) is 0 Å². The number of nitrogens with one attached hydrogen (secondary N) is 1. The molecule has 98 valence electrons. The third kappa shape index (κ3) is 2.84. The molecule has 2 rings (SSSR count). The van der Waals surface area contributed by atoms with Gasteiger partial charge in [-0.1, -0.05) is 33.8 Å². The van der Waals surface area contributed by atoms with Crippen molar-refractivity contribution >= 4 is 16.6 Å². The van der Waals surface area contributed by atoms with Crippen LogP contribution >= 0.6 is 0 Å². The van der Waals surface area contributed by atoms with Crippen LogP contribution in [0, 0.1) is 11.8 Å². The minimum atomic E-state index is 0.658. The predicted molar refractivity (Wildman–Crippen MR) is 78.0 cm³/mol. The molecular weight excluding hydrogens is 222 g/mol. The first-order chi connectivity index (χ1) is 8.58. The van der Waals surface area contributed by atoms with Crippen molar-refractivity contribution in [1.82, 2.24) is 10.2 Å². The monoisotopic (exact) mass is 245 g/mol. The van der Waals surface area contributed by atoms with E-state index in [0.717, 1.165) is 18.6 Å². The van der Waals surface area contributed by atoms with E-state index in [0.29, 0.717) is 11.8 Å². The van der Waals surface area contributed by atoms with Crippen molar-refractivity contribution in [3.63, 3.8) is 0 Å². The Bertz CT molecular complexity index is 489. The number of anilines is 1. The van der Waals surface area contributed by atoms with Crippen LogP contribution in [0.3, 0.4) is 0 Å². The number of hydrogen-bond donors (Lipinski definition) is 1. The average molecular weight is 245 g/mol. The van der Waals surface area contributed by atoms with Gasteiger partial charge in [0.05, 0.1) is 11.7 Å². The van der Waals surface area contributed by atoms with Crippen molar-refractivity contribution in [2.24, 2.45) is 11.8 Å². The summed E-state index contributed by atoms with van der Waals surface area (Å²) in [5.41, 5.74) is 2.41. The maximum atomic E-state index is 4.15. The number of nitrogens with zero attached hydrogens (tertiary/aromatic N) is 2. The first kappa shape index (κ1) is 12.9. The van der Waals surface area contributed by atoms with Gasteiger partial charge in [-0.2, -0.15) is 5.10 Å². The van der Waals surface area contributed by atoms with Crippen LogP contribution in [0.4, 0.5) is 5.69 Å². The second-order valence-corrected chi connectivity index (χ2v) is 5.80. The van der Waals surface area contributed by atoms with Crippen molar-refractivity contribution < 1.29 is 0 Å². The van der Waals surface area contributed by atoms with E-state index in [1.54, 1.807) is 0 Å². The van der Waals surface area contributed by atoms with Crippen molar-refractivity contribution in [1.29, 1.82) is 0 Å². The molecule has 0 unspecified atom stereocenters. The Hall–Kier alpha value is -1.51. The lowest BCUT2D eigenvalue weighted by Gasteiger charge is -2.29. The number of aromatic nitrogens is 2. The Morgan fingerprint density at radius 1 is 1.11 bits per heavy atom. The normalized spacial score (nSPS) is 11.7. The summed E-state index contributed by atoms with van der Waals surface area (Å²) in [6, 6.07) is 6.38. The van der Waals surface area contributed by atoms with Crippen LogP contribution in [0.5, 0.6) is 0 Å². The molecule has 1 heterocycles. The summed E-state index contributed by atoms with van der Waals surface area (Å²) in [6.45, 7) is 11.2. The molecule has 0 saturated carbocycles. The standard InChI is InChI=1S/C15H23N3/c1-11(2)9-18(10-12(3)4)15-7-5-6-14-13(15)8-16-17-14/h5-8,11-12H,9-10H2,1-4H3,(H,16,17). The topological polar surface area (TPSA) is 31.9 Å². The molecule has 3 nitrogen and oxygen atoms in total. The molecule has 0 amide bonds. The minimum Gasteiger partial charge on any atom is -0.370 e. The highest BCUT2D eigenvalue weighted by Crippen LogP contribution is 2.26. The highest BCUT2D eigenvalue weighted by molar-refractivity contribution is 5.91. The SMILES string of the molecule is CC(C)CN(CC(C)C)c1cccc2[nH]ncc12. The van der Waals surface area contributed by atoms with Crippen LogP contribution in [-0.4, -0.2) is 23.3 Å². The highest BCUT2D eigenvalue weighted by Gasteiger charge is 2.13. The number of benzene rings is 1. The lowest BCUT2D eigenvalue weighted by Crippen LogP contribution is -2.31. The highest BCUT2D eigenvalue weighted by atomic mass is 15.1. The predicted octanol–water partition coefficient (Wildman–Crippen LogP) is 3.68. The van der Waals surface area contributed by atoms with Gasteiger partial charge < -0.3 is 4.90 Å². The fourth-order valence-electron chi connectivity index (χ4n) is 2.38. The first-order valence-electron chi connectivity index (χ1n) is 6.75. The molecule has 0 fully saturated rings. The number of H-pyrrole nitrogens is 1. The van der Waals surface area contributed by atoms with Crippen molar-refractivity contribution in [2.45, 2.75) is 27.7 Å². The van der Waals surface area contributed by atoms with E-state index in [1.165, 1.54) is 11.1 Å². The number of aromatic amines is 1. The molecule has 2 aromatic rings. The zero-order valence-electron chi connectivity index (χ0n) is 11.8. The number of fused-ring (bicyclic) bond motifs is 1. The Morgan fingerprint density at radius 3 is 2.39 bits per heavy atom. The summed E-state index contributed by atoms with van der Waals surface area (Å²) >= 11 is 0. The summed E-state index contributed by atoms with van der Waals surface area (Å²) in [4.78, 5) is 2.48. The van der Waals surface area contributed by atoms with Gasteiger partial charge in [0.1, 0.15) is 0 Å². The molecule has 0 saturated heterocycles. The molecule has 0 bridgehead atoms. The molecule has 0 aliphatic carbocycles. The van der Waals surface area contributed by atoms with Gasteiger partial charge >= 0.3 is 0 Å². The third-order valence-electron chi connectivity index (χ3n) is 2.97. The van der Waals surface area contributed by atoms with Crippen molar-refractivity contribution in [3.05, 3.63) is 24.4 Å². The molecule has 1 aromatic heterocycles. The van der Waals surface area contributed by atoms with Gasteiger partial charge in [-0.15, -0.1) is 0 Å². The summed E-state index contributed by atoms with van der Waals surface area (Å²) < 4.78 is 0. The Labute approximate surface area is 109 Å². The number of hydrogen-bond acceptors (Lipinski definition) is 2. The minimum absolute atomic E-state index is 0.658. The van der Waals surface area contributed by atoms with Gasteiger partial charge in [0, 0.05) is 24.2 Å². The van der Waals surface area contributed by atoms with Gasteiger partial charge in [0.25, 0.3) is 0 Å². The molecule has 1 N–H and O–H groups in total. The Kier molecular flexibility index (Phi) is 3.90. The largest absolute Gasteiger partial charge is 0.370 e. The molecule has 0 aliphatic heterocycles. The molecular formula is C15H23N3. The molecule has 0 atom stereocenters. The molecule has 0 spiro atoms. The van der Waals surface area contributed by atoms with E-state index in [1.807, 2.05) is 6.20 Å². The maximum Gasteiger partial charge on any atom is 0.0671 e. The molecule has 3 heteroatoms. The summed E-state index contributed by atoms with van der Waals surface area (Å²) in [5, 5.41) is 8.42. The van der Waals surface area contributed by atoms with Gasteiger partial charge in [0.15, 0.2) is 0 Å². The van der Waals surface area contributed by atoms with Gasteiger partial charge in [0.2, 0.25) is 0 Å². The van der Waals surface area contributed by atoms with E-state index in [4.69, 9.17) is 0 Å². The molecule has 1 aromatic carbocycles. The van der Waals surface area contributed by atoms with Gasteiger partial charge in [-0.3, -0.25) is 5.10 Å². The summed E-state index contributed by atoms with van der Waals surface area (Å²) in [5.74, 6) is 1.32. The summed E-state index contributed by atoms with van der Waals surface area (Å²) in [6.07, 6.45) is 1.93. The lowest BCUT2D eigenvalue weighted by molar-refractivity contribution is 0.554. The van der Waals surface area contributed by atoms with Crippen molar-refractivity contribution in [2.75, 3.05) is 18.0 Å². The van der Waals surface area contributed by atoms with Crippen LogP contribution in [0.1, 0.15) is 27.7 Å². The van der Waals surface area contributed by atoms with Crippen LogP contribution in [0.2, 0.25) is 0 Å². The molecule has 0 radical (unpaired) electrons. The number of rotatable bonds is 5. The van der Waals surface area contributed by atoms with Crippen LogP contribution < -0.4 is 4.90 Å². The maximum absolute atomic E-state index is 4.15. The first-order valence-corrected chi connectivity index (χ1v) is 6.75. The zero-order chi connectivity index (χ0) is 13.1. The zero-order valence-corrected chi connectivity index (χ0v) is 11.8. The van der Waals surface area contributed by atoms with E-state index in [-0.39, 0.29) is 0 Å². The molecule has 18 heavy (non-hydrogen) atoms. The Balaban J connectivity index is 2.36. The quantitative estimate of drug-likeness (QED) is 0.871. The molecule has 0 aliphatic rings. The third-order valence-corrected chi connectivity index (χ3v) is 2.97. The van der Waals surface area contributed by atoms with E-state index >= 15 is 0 Å². The van der Waals surface area contributed by atoms with Crippen molar-refractivity contribution in [3.8, 4) is 0 Å². The van der Waals surface area contributed by atoms with Crippen LogP contribution in [-0.2, 0) is 0 Å². The van der Waals surface area contributed by atoms with Crippen LogP contribution in [0.15, 0.2) is 24.4 Å². The fourth-order valence-corrected chi connectivity index (χ4v) is 2.38. The average Bonchev–Trinajstić information content (AvgIpc) is 2.74. The fraction of sp³-hybridized carbons (Fsp3) is 0.533. The van der Waals surface area contributed by atoms with E-state index < -0.39 is 0 Å². The Morgan fingerprint density at radius 2 is 1.78 bits per heavy atom. The second-order valence-electron chi connectivity index (χ2n) is 5.80.